The summed E-state index contributed by atoms with van der Waals surface area (Å²) in [6.07, 6.45) is -2.33. The average molecular weight is 308 g/mol. The van der Waals surface area contributed by atoms with Crippen LogP contribution in [0.3, 0.4) is 0 Å². The molecule has 22 heavy (non-hydrogen) atoms. The Morgan fingerprint density at radius 1 is 1.50 bits per heavy atom. The molecule has 0 bridgehead atoms. The fourth-order valence-corrected chi connectivity index (χ4v) is 1.74. The molecule has 8 heteroatoms. The normalized spacial score (nSPS) is 10.3. The number of rotatable bonds is 5. The Bertz CT molecular complexity index is 670. The molecule has 0 saturated heterocycles. The molecule has 0 aromatic heterocycles. The van der Waals surface area contributed by atoms with Crippen molar-refractivity contribution >= 4 is 17.8 Å². The lowest BCUT2D eigenvalue weighted by atomic mass is 10.1. The van der Waals surface area contributed by atoms with Crippen molar-refractivity contribution in [2.75, 3.05) is 11.4 Å². The monoisotopic (exact) mass is 308 g/mol. The van der Waals surface area contributed by atoms with Crippen LogP contribution < -0.4 is 4.90 Å². The smallest absolute Gasteiger partial charge is 0.361 e. The van der Waals surface area contributed by atoms with Gasteiger partial charge in [0.1, 0.15) is 0 Å². The van der Waals surface area contributed by atoms with Crippen molar-refractivity contribution in [1.29, 1.82) is 5.26 Å². The summed E-state index contributed by atoms with van der Waals surface area (Å²) in [5.74, 6) is -0.790. The minimum Gasteiger partial charge on any atom is -0.361 e. The van der Waals surface area contributed by atoms with E-state index in [0.29, 0.717) is 18.7 Å². The molecular weight excluding hydrogens is 297 g/mol. The van der Waals surface area contributed by atoms with Crippen molar-refractivity contribution in [2.45, 2.75) is 12.6 Å². The second-order valence-corrected chi connectivity index (χ2v) is 4.15. The first-order valence-electron chi connectivity index (χ1n) is 6.06. The Hall–Kier alpha value is -2.91. The molecule has 1 aromatic rings. The lowest BCUT2D eigenvalue weighted by molar-refractivity contribution is -0.137. The van der Waals surface area contributed by atoms with Crippen LogP contribution in [0.1, 0.15) is 17.5 Å². The first kappa shape index (κ1) is 17.1. The lowest BCUT2D eigenvalue weighted by Crippen LogP contribution is -2.33. The van der Waals surface area contributed by atoms with Crippen molar-refractivity contribution in [3.05, 3.63) is 47.5 Å². The van der Waals surface area contributed by atoms with Gasteiger partial charge in [-0.15, -0.1) is 6.58 Å². The quantitative estimate of drug-likeness (QED) is 0.363. The number of alkyl halides is 3. The highest BCUT2D eigenvalue weighted by Gasteiger charge is 2.34. The fraction of sp³-hybridized carbons (Fsp3) is 0.214. The van der Waals surface area contributed by atoms with Gasteiger partial charge in [0, 0.05) is 12.2 Å². The number of carbonyl (C=O) groups is 1. The van der Waals surface area contributed by atoms with Gasteiger partial charge in [-0.05, 0) is 24.6 Å². The second kappa shape index (κ2) is 7.20. The first-order valence-corrected chi connectivity index (χ1v) is 6.06. The van der Waals surface area contributed by atoms with Crippen LogP contribution in [0, 0.1) is 11.3 Å². The summed E-state index contributed by atoms with van der Waals surface area (Å²) in [6.45, 7) is 3.52. The van der Waals surface area contributed by atoms with Crippen LogP contribution in [0.15, 0.2) is 30.9 Å². The van der Waals surface area contributed by atoms with Gasteiger partial charge in [0.2, 0.25) is 0 Å². The number of carbonyl (C=O) groups excluding carboxylic acids is 1. The maximum absolute atomic E-state index is 12.9. The van der Waals surface area contributed by atoms with Gasteiger partial charge >= 0.3 is 18.3 Å². The van der Waals surface area contributed by atoms with Crippen molar-refractivity contribution in [2.24, 2.45) is 0 Å². The number of hydrogen-bond donors (Lipinski definition) is 0. The van der Waals surface area contributed by atoms with Gasteiger partial charge in [-0.1, -0.05) is 6.08 Å². The molecule has 0 unspecified atom stereocenters. The largest absolute Gasteiger partial charge is 0.417 e. The number of amides is 1. The zero-order chi connectivity index (χ0) is 16.8. The molecule has 1 amide bonds. The van der Waals surface area contributed by atoms with Crippen LogP contribution >= 0.6 is 0 Å². The maximum atomic E-state index is 12.9. The minimum atomic E-state index is -4.72. The third kappa shape index (κ3) is 4.04. The molecule has 0 fully saturated rings. The summed E-state index contributed by atoms with van der Waals surface area (Å²) < 4.78 is 38.8. The van der Waals surface area contributed by atoms with Crippen molar-refractivity contribution in [3.63, 3.8) is 0 Å². The van der Waals surface area contributed by atoms with Crippen LogP contribution in [0.2, 0.25) is 0 Å². The summed E-state index contributed by atoms with van der Waals surface area (Å²) in [4.78, 5) is 15.4. The van der Waals surface area contributed by atoms with E-state index < -0.39 is 23.2 Å². The van der Waals surface area contributed by atoms with E-state index in [9.17, 15) is 18.0 Å². The third-order valence-electron chi connectivity index (χ3n) is 2.73. The molecule has 0 aliphatic rings. The first-order chi connectivity index (χ1) is 10.3. The van der Waals surface area contributed by atoms with Crippen LogP contribution in [-0.4, -0.2) is 23.5 Å². The number of hydrogen-bond acceptors (Lipinski definition) is 2. The summed E-state index contributed by atoms with van der Waals surface area (Å²) >= 11 is 0. The maximum Gasteiger partial charge on any atom is 0.417 e. The van der Waals surface area contributed by atoms with Gasteiger partial charge in [-0.2, -0.15) is 23.2 Å². The molecule has 0 saturated carbocycles. The Morgan fingerprint density at radius 3 is 2.68 bits per heavy atom. The zero-order valence-electron chi connectivity index (χ0n) is 11.3. The number of halogens is 3. The lowest BCUT2D eigenvalue weighted by Gasteiger charge is -2.20. The van der Waals surface area contributed by atoms with E-state index in [1.807, 2.05) is 0 Å². The molecular formula is C14H11F3N4O. The van der Waals surface area contributed by atoms with E-state index in [1.165, 1.54) is 18.2 Å². The molecule has 0 atom stereocenters. The van der Waals surface area contributed by atoms with E-state index in [-0.39, 0.29) is 12.2 Å². The topological polar surface area (TPSA) is 80.5 Å². The van der Waals surface area contributed by atoms with Crippen molar-refractivity contribution in [1.82, 2.24) is 0 Å². The molecule has 1 rings (SSSR count). The molecule has 0 aliphatic heterocycles. The van der Waals surface area contributed by atoms with Gasteiger partial charge in [0.15, 0.2) is 0 Å². The van der Waals surface area contributed by atoms with E-state index in [2.05, 4.69) is 11.4 Å². The van der Waals surface area contributed by atoms with Gasteiger partial charge < -0.3 is 10.4 Å². The van der Waals surface area contributed by atoms with Crippen LogP contribution in [0.25, 0.3) is 5.53 Å². The Balaban J connectivity index is 3.37. The number of anilines is 1. The van der Waals surface area contributed by atoms with Crippen LogP contribution in [0.5, 0.6) is 0 Å². The van der Waals surface area contributed by atoms with Crippen molar-refractivity contribution < 1.29 is 22.8 Å². The molecule has 0 N–H and O–H groups in total. The Labute approximate surface area is 124 Å². The van der Waals surface area contributed by atoms with Gasteiger partial charge in [-0.3, -0.25) is 4.79 Å². The molecule has 0 radical (unpaired) electrons. The molecule has 114 valence electrons. The van der Waals surface area contributed by atoms with E-state index in [1.54, 1.807) is 0 Å². The molecule has 1 aromatic carbocycles. The molecule has 5 nitrogen and oxygen atoms in total. The van der Waals surface area contributed by atoms with Crippen LogP contribution in [-0.2, 0) is 11.0 Å². The predicted octanol–water partition coefficient (Wildman–Crippen LogP) is 2.79. The average Bonchev–Trinajstić information content (AvgIpc) is 2.47. The standard InChI is InChI=1S/C14H11F3N4O/c1-2-3-6-21(13(22)9-20-19)11-5-4-10(8-18)12(7-11)14(15,16)17/h2,4-5,7,9H,1,3,6H2. The highest BCUT2D eigenvalue weighted by atomic mass is 19.4. The minimum absolute atomic E-state index is 0.0531. The third-order valence-corrected chi connectivity index (χ3v) is 2.73. The van der Waals surface area contributed by atoms with E-state index >= 15 is 0 Å². The summed E-state index contributed by atoms with van der Waals surface area (Å²) in [7, 11) is 0. The summed E-state index contributed by atoms with van der Waals surface area (Å²) in [5, 5.41) is 8.75. The second-order valence-electron chi connectivity index (χ2n) is 4.15. The van der Waals surface area contributed by atoms with E-state index in [4.69, 9.17) is 10.8 Å². The van der Waals surface area contributed by atoms with Crippen LogP contribution in [0.4, 0.5) is 18.9 Å². The molecule has 0 spiro atoms. The van der Waals surface area contributed by atoms with E-state index in [0.717, 1.165) is 11.0 Å². The van der Waals surface area contributed by atoms with Gasteiger partial charge in [0.05, 0.1) is 17.2 Å². The SMILES string of the molecule is C=CCCN(C(=O)C=[N+]=[N-])c1ccc(C#N)c(C(F)(F)F)c1. The Kier molecular flexibility index (Phi) is 5.61. The summed E-state index contributed by atoms with van der Waals surface area (Å²) in [6, 6.07) is 4.38. The molecule has 0 heterocycles. The number of nitrogens with zero attached hydrogens (tertiary/aromatic N) is 4. The number of nitriles is 1. The predicted molar refractivity (Wildman–Crippen MR) is 73.0 cm³/mol. The van der Waals surface area contributed by atoms with Crippen molar-refractivity contribution in [3.8, 4) is 6.07 Å². The zero-order valence-corrected chi connectivity index (χ0v) is 11.3. The van der Waals surface area contributed by atoms with Gasteiger partial charge in [-0.25, -0.2) is 0 Å². The number of benzene rings is 1. The summed E-state index contributed by atoms with van der Waals surface area (Å²) in [5.41, 5.74) is 6.67. The molecule has 0 aliphatic carbocycles. The van der Waals surface area contributed by atoms with Gasteiger partial charge in [0.25, 0.3) is 0 Å². The Morgan fingerprint density at radius 2 is 2.18 bits per heavy atom. The highest BCUT2D eigenvalue weighted by molar-refractivity contribution is 6.30. The fourth-order valence-electron chi connectivity index (χ4n) is 1.74. The highest BCUT2D eigenvalue weighted by Crippen LogP contribution is 2.34.